The second-order valence-electron chi connectivity index (χ2n) is 5.68. The van der Waals surface area contributed by atoms with E-state index in [9.17, 15) is 4.79 Å². The van der Waals surface area contributed by atoms with Crippen LogP contribution in [0.3, 0.4) is 0 Å². The van der Waals surface area contributed by atoms with E-state index in [1.54, 1.807) is 0 Å². The van der Waals surface area contributed by atoms with Crippen molar-refractivity contribution in [2.45, 2.75) is 32.8 Å². The maximum Gasteiger partial charge on any atom is 0.251 e. The molecule has 4 heteroatoms. The van der Waals surface area contributed by atoms with Crippen LogP contribution in [0.1, 0.15) is 23.6 Å². The molecule has 1 unspecified atom stereocenters. The van der Waals surface area contributed by atoms with Crippen molar-refractivity contribution in [3.8, 4) is 5.75 Å². The lowest BCUT2D eigenvalue weighted by atomic mass is 9.97. The molecule has 0 amide bonds. The van der Waals surface area contributed by atoms with Crippen LogP contribution in [0.25, 0.3) is 10.9 Å². The van der Waals surface area contributed by atoms with Crippen LogP contribution in [-0.2, 0) is 6.42 Å². The van der Waals surface area contributed by atoms with Crippen LogP contribution in [0.2, 0.25) is 0 Å². The summed E-state index contributed by atoms with van der Waals surface area (Å²) in [5.41, 5.74) is 9.21. The summed E-state index contributed by atoms with van der Waals surface area (Å²) in [6, 6.07) is 3.99. The standard InChI is InChI=1S/C15H18N2O2/c1-8-4-10-6-15(3,7-16)19-13(10)11-5-9(2)14(18)17-12(8)11/h4-5H,6-7,16H2,1-3H3,(H,17,18). The zero-order valence-electron chi connectivity index (χ0n) is 11.5. The molecule has 0 saturated carbocycles. The van der Waals surface area contributed by atoms with E-state index in [1.807, 2.05) is 26.8 Å². The van der Waals surface area contributed by atoms with E-state index >= 15 is 0 Å². The van der Waals surface area contributed by atoms with E-state index in [4.69, 9.17) is 10.5 Å². The largest absolute Gasteiger partial charge is 0.485 e. The summed E-state index contributed by atoms with van der Waals surface area (Å²) < 4.78 is 6.06. The normalized spacial score (nSPS) is 21.5. The third-order valence-corrected chi connectivity index (χ3v) is 3.89. The van der Waals surface area contributed by atoms with Crippen LogP contribution in [0.15, 0.2) is 16.9 Å². The molecular formula is C15H18N2O2. The van der Waals surface area contributed by atoms with Crippen molar-refractivity contribution in [3.05, 3.63) is 39.2 Å². The van der Waals surface area contributed by atoms with Crippen LogP contribution in [-0.4, -0.2) is 17.1 Å². The Morgan fingerprint density at radius 1 is 1.37 bits per heavy atom. The molecule has 0 bridgehead atoms. The maximum absolute atomic E-state index is 11.8. The number of nitrogens with two attached hydrogens (primary N) is 1. The second kappa shape index (κ2) is 3.84. The summed E-state index contributed by atoms with van der Waals surface area (Å²) in [5.74, 6) is 0.868. The number of benzene rings is 1. The van der Waals surface area contributed by atoms with Gasteiger partial charge in [-0.3, -0.25) is 4.79 Å². The lowest BCUT2D eigenvalue weighted by molar-refractivity contribution is 0.127. The van der Waals surface area contributed by atoms with Crippen molar-refractivity contribution in [1.29, 1.82) is 0 Å². The molecular weight excluding hydrogens is 240 g/mol. The van der Waals surface area contributed by atoms with Gasteiger partial charge in [-0.15, -0.1) is 0 Å². The Labute approximate surface area is 111 Å². The minimum atomic E-state index is -0.340. The number of hydrogen-bond donors (Lipinski definition) is 2. The first kappa shape index (κ1) is 12.2. The third kappa shape index (κ3) is 1.75. The molecule has 100 valence electrons. The Morgan fingerprint density at radius 2 is 2.11 bits per heavy atom. The average molecular weight is 258 g/mol. The first-order valence-corrected chi connectivity index (χ1v) is 6.49. The molecule has 19 heavy (non-hydrogen) atoms. The van der Waals surface area contributed by atoms with Gasteiger partial charge in [0.25, 0.3) is 5.56 Å². The lowest BCUT2D eigenvalue weighted by Gasteiger charge is -2.21. The highest BCUT2D eigenvalue weighted by Crippen LogP contribution is 2.40. The Kier molecular flexibility index (Phi) is 2.47. The first-order chi connectivity index (χ1) is 8.93. The SMILES string of the molecule is Cc1cc2c3c(cc(C)c2[nH]c1=O)CC(C)(CN)O3. The number of fused-ring (bicyclic) bond motifs is 3. The van der Waals surface area contributed by atoms with Gasteiger partial charge in [-0.2, -0.15) is 0 Å². The van der Waals surface area contributed by atoms with Gasteiger partial charge in [-0.25, -0.2) is 0 Å². The molecule has 0 radical (unpaired) electrons. The molecule has 0 aliphatic carbocycles. The van der Waals surface area contributed by atoms with E-state index in [0.29, 0.717) is 12.1 Å². The van der Waals surface area contributed by atoms with Gasteiger partial charge in [-0.05, 0) is 38.0 Å². The molecule has 4 nitrogen and oxygen atoms in total. The maximum atomic E-state index is 11.8. The number of nitrogens with one attached hydrogen (secondary N) is 1. The van der Waals surface area contributed by atoms with Crippen LogP contribution in [0.5, 0.6) is 5.75 Å². The van der Waals surface area contributed by atoms with Crippen LogP contribution in [0, 0.1) is 13.8 Å². The van der Waals surface area contributed by atoms with E-state index in [2.05, 4.69) is 11.1 Å². The monoisotopic (exact) mass is 258 g/mol. The minimum absolute atomic E-state index is 0.0462. The molecule has 1 aromatic carbocycles. The summed E-state index contributed by atoms with van der Waals surface area (Å²) in [6.45, 7) is 6.31. The fourth-order valence-electron chi connectivity index (χ4n) is 2.75. The van der Waals surface area contributed by atoms with Crippen molar-refractivity contribution >= 4 is 10.9 Å². The molecule has 3 N–H and O–H groups in total. The first-order valence-electron chi connectivity index (χ1n) is 6.49. The molecule has 0 fully saturated rings. The number of pyridine rings is 1. The Morgan fingerprint density at radius 3 is 2.79 bits per heavy atom. The Balaban J connectivity index is 2.33. The van der Waals surface area contributed by atoms with E-state index in [0.717, 1.165) is 28.6 Å². The molecule has 3 rings (SSSR count). The van der Waals surface area contributed by atoms with Gasteiger partial charge in [0.05, 0.1) is 5.52 Å². The zero-order valence-corrected chi connectivity index (χ0v) is 11.5. The molecule has 1 aliphatic rings. The number of hydrogen-bond acceptors (Lipinski definition) is 3. The number of aromatic amines is 1. The van der Waals surface area contributed by atoms with Crippen LogP contribution >= 0.6 is 0 Å². The highest BCUT2D eigenvalue weighted by Gasteiger charge is 2.35. The molecule has 2 aromatic rings. The average Bonchev–Trinajstić information content (AvgIpc) is 2.70. The van der Waals surface area contributed by atoms with Crippen molar-refractivity contribution in [2.75, 3.05) is 6.54 Å². The summed E-state index contributed by atoms with van der Waals surface area (Å²) in [4.78, 5) is 14.7. The molecule has 0 saturated heterocycles. The summed E-state index contributed by atoms with van der Waals surface area (Å²) in [7, 11) is 0. The minimum Gasteiger partial charge on any atom is -0.485 e. The van der Waals surface area contributed by atoms with Crippen molar-refractivity contribution < 1.29 is 4.74 Å². The van der Waals surface area contributed by atoms with E-state index in [-0.39, 0.29) is 11.2 Å². The summed E-state index contributed by atoms with van der Waals surface area (Å²) in [6.07, 6.45) is 0.813. The van der Waals surface area contributed by atoms with Crippen LogP contribution < -0.4 is 16.0 Å². The quantitative estimate of drug-likeness (QED) is 0.819. The van der Waals surface area contributed by atoms with Gasteiger partial charge in [0, 0.05) is 23.9 Å². The van der Waals surface area contributed by atoms with Gasteiger partial charge in [-0.1, -0.05) is 6.07 Å². The van der Waals surface area contributed by atoms with Crippen molar-refractivity contribution in [1.82, 2.24) is 4.98 Å². The third-order valence-electron chi connectivity index (χ3n) is 3.89. The van der Waals surface area contributed by atoms with Gasteiger partial charge in [0.15, 0.2) is 0 Å². The van der Waals surface area contributed by atoms with E-state index < -0.39 is 0 Å². The molecule has 1 aliphatic heterocycles. The number of ether oxygens (including phenoxy) is 1. The topological polar surface area (TPSA) is 68.1 Å². The van der Waals surface area contributed by atoms with Crippen LogP contribution in [0.4, 0.5) is 0 Å². The predicted octanol–water partition coefficient (Wildman–Crippen LogP) is 1.80. The number of H-pyrrole nitrogens is 1. The van der Waals surface area contributed by atoms with Gasteiger partial charge in [0.1, 0.15) is 11.4 Å². The van der Waals surface area contributed by atoms with Crippen molar-refractivity contribution in [3.63, 3.8) is 0 Å². The Hall–Kier alpha value is -1.81. The number of rotatable bonds is 1. The van der Waals surface area contributed by atoms with Crippen molar-refractivity contribution in [2.24, 2.45) is 5.73 Å². The summed E-state index contributed by atoms with van der Waals surface area (Å²) in [5, 5.41) is 0.976. The van der Waals surface area contributed by atoms with E-state index in [1.165, 1.54) is 5.56 Å². The second-order valence-corrected chi connectivity index (χ2v) is 5.68. The van der Waals surface area contributed by atoms with Gasteiger partial charge < -0.3 is 15.5 Å². The summed E-state index contributed by atoms with van der Waals surface area (Å²) >= 11 is 0. The fraction of sp³-hybridized carbons (Fsp3) is 0.400. The molecule has 0 spiro atoms. The number of aryl methyl sites for hydroxylation is 2. The molecule has 1 atom stereocenters. The Bertz CT molecular complexity index is 733. The number of aromatic nitrogens is 1. The smallest absolute Gasteiger partial charge is 0.251 e. The molecule has 2 heterocycles. The fourth-order valence-corrected chi connectivity index (χ4v) is 2.75. The zero-order chi connectivity index (χ0) is 13.8. The predicted molar refractivity (Wildman–Crippen MR) is 75.8 cm³/mol. The van der Waals surface area contributed by atoms with Gasteiger partial charge >= 0.3 is 0 Å². The van der Waals surface area contributed by atoms with Gasteiger partial charge in [0.2, 0.25) is 0 Å². The highest BCUT2D eigenvalue weighted by atomic mass is 16.5. The lowest BCUT2D eigenvalue weighted by Crippen LogP contribution is -2.38. The highest BCUT2D eigenvalue weighted by molar-refractivity contribution is 5.90. The molecule has 1 aromatic heterocycles.